The molecule has 0 saturated heterocycles. The number of carbonyl (C=O) groups excluding carboxylic acids is 7. The molecule has 5 aromatic carbocycles. The van der Waals surface area contributed by atoms with Crippen molar-refractivity contribution in [2.24, 2.45) is 0 Å². The van der Waals surface area contributed by atoms with E-state index in [4.69, 9.17) is 52.1 Å². The molecule has 0 amide bonds. The summed E-state index contributed by atoms with van der Waals surface area (Å²) in [6.45, 7) is 13.7. The monoisotopic (exact) mass is 1360 g/mol. The lowest BCUT2D eigenvalue weighted by molar-refractivity contribution is -0.138. The second kappa shape index (κ2) is 51.1. The van der Waals surface area contributed by atoms with Crippen LogP contribution >= 0.6 is 0 Å². The molecule has 0 aliphatic carbocycles. The van der Waals surface area contributed by atoms with Gasteiger partial charge >= 0.3 is 41.8 Å². The van der Waals surface area contributed by atoms with Gasteiger partial charge in [-0.1, -0.05) is 148 Å². The van der Waals surface area contributed by atoms with Crippen LogP contribution in [0.5, 0.6) is 40.2 Å². The fourth-order valence-electron chi connectivity index (χ4n) is 10.4. The van der Waals surface area contributed by atoms with E-state index in [-0.39, 0.29) is 46.7 Å². The molecule has 0 radical (unpaired) electrons. The van der Waals surface area contributed by atoms with Gasteiger partial charge in [-0.15, -0.1) is 0 Å². The van der Waals surface area contributed by atoms with Gasteiger partial charge in [0.05, 0.1) is 69.5 Å². The summed E-state index contributed by atoms with van der Waals surface area (Å²) < 4.78 is 61.6. The van der Waals surface area contributed by atoms with Crippen LogP contribution in [0.3, 0.4) is 0 Å². The molecule has 0 heterocycles. The number of hydrogen-bond acceptors (Lipinski definition) is 18. The van der Waals surface area contributed by atoms with E-state index in [2.05, 4.69) is 19.7 Å². The molecule has 18 nitrogen and oxygen atoms in total. The van der Waals surface area contributed by atoms with Crippen LogP contribution in [0.1, 0.15) is 234 Å². The van der Waals surface area contributed by atoms with Crippen molar-refractivity contribution in [1.29, 1.82) is 0 Å². The van der Waals surface area contributed by atoms with Crippen molar-refractivity contribution >= 4 is 41.8 Å². The number of esters is 7. The van der Waals surface area contributed by atoms with E-state index in [1.807, 2.05) is 0 Å². The first-order valence-corrected chi connectivity index (χ1v) is 35.7. The average molecular weight is 1370 g/mol. The summed E-state index contributed by atoms with van der Waals surface area (Å²) >= 11 is 0. The highest BCUT2D eigenvalue weighted by Crippen LogP contribution is 2.29. The fraction of sp³-hybridized carbons (Fsp3) is 0.469. The zero-order valence-electron chi connectivity index (χ0n) is 58.0. The fourth-order valence-corrected chi connectivity index (χ4v) is 10.4. The van der Waals surface area contributed by atoms with Crippen LogP contribution in [-0.4, -0.2) is 94.6 Å². The Balaban J connectivity index is 1.00. The molecule has 0 bridgehead atoms. The van der Waals surface area contributed by atoms with Crippen LogP contribution in [0, 0.1) is 0 Å². The lowest BCUT2D eigenvalue weighted by atomic mass is 10.1. The lowest BCUT2D eigenvalue weighted by Crippen LogP contribution is -2.14. The minimum atomic E-state index is -0.741. The van der Waals surface area contributed by atoms with Crippen molar-refractivity contribution in [3.63, 3.8) is 0 Å². The first kappa shape index (κ1) is 80.5. The van der Waals surface area contributed by atoms with Gasteiger partial charge in [-0.05, 0) is 179 Å². The molecule has 0 fully saturated rings. The maximum absolute atomic E-state index is 13.8. The summed E-state index contributed by atoms with van der Waals surface area (Å²) in [6.07, 6.45) is 33.8. The zero-order valence-corrected chi connectivity index (χ0v) is 58.0. The molecular weight excluding hydrogens is 1260 g/mol. The summed E-state index contributed by atoms with van der Waals surface area (Å²) in [5.74, 6) is -0.766. The Hall–Kier alpha value is -9.19. The molecule has 536 valence electrons. The minimum absolute atomic E-state index is 0.0567. The summed E-state index contributed by atoms with van der Waals surface area (Å²) in [7, 11) is 0. The first-order chi connectivity index (χ1) is 48.4. The Morgan fingerprint density at radius 2 is 0.475 bits per heavy atom. The van der Waals surface area contributed by atoms with Gasteiger partial charge in [0.15, 0.2) is 0 Å². The van der Waals surface area contributed by atoms with E-state index in [9.17, 15) is 33.6 Å². The molecule has 18 heteroatoms. The van der Waals surface area contributed by atoms with Crippen molar-refractivity contribution in [1.82, 2.24) is 0 Å². The van der Waals surface area contributed by atoms with Crippen molar-refractivity contribution in [2.75, 3.05) is 52.9 Å². The molecule has 0 N–H and O–H groups in total. The number of ether oxygens (including phenoxy) is 11. The molecule has 0 atom stereocenters. The Kier molecular flexibility index (Phi) is 41.5. The smallest absolute Gasteiger partial charge is 0.343 e. The van der Waals surface area contributed by atoms with Gasteiger partial charge in [0.2, 0.25) is 0 Å². The highest BCUT2D eigenvalue weighted by molar-refractivity contribution is 5.97. The molecule has 0 aliphatic rings. The van der Waals surface area contributed by atoms with Gasteiger partial charge in [-0.3, -0.25) is 0 Å². The third-order valence-corrected chi connectivity index (χ3v) is 16.1. The third kappa shape index (κ3) is 36.3. The molecule has 99 heavy (non-hydrogen) atoms. The van der Waals surface area contributed by atoms with E-state index < -0.39 is 29.8 Å². The largest absolute Gasteiger partial charge is 0.494 e. The number of unbranched alkanes of at least 4 members (excludes halogenated alkanes) is 26. The lowest BCUT2D eigenvalue weighted by Gasteiger charge is -2.13. The summed E-state index contributed by atoms with van der Waals surface area (Å²) in [5.41, 5.74) is 0.833. The van der Waals surface area contributed by atoms with Crippen LogP contribution < -0.4 is 33.2 Å². The highest BCUT2D eigenvalue weighted by Gasteiger charge is 2.21. The number of hydrogen-bond donors (Lipinski definition) is 0. The maximum Gasteiger partial charge on any atom is 0.343 e. The molecule has 5 rings (SSSR count). The van der Waals surface area contributed by atoms with Gasteiger partial charge in [0.25, 0.3) is 0 Å². The molecule has 0 saturated carbocycles. The summed E-state index contributed by atoms with van der Waals surface area (Å²) in [5, 5.41) is 0. The van der Waals surface area contributed by atoms with E-state index in [1.54, 1.807) is 97.1 Å². The standard InChI is InChI=1S/C81H104O18/c1-4-75(82)93-59-33-24-17-13-9-7-11-15-21-29-55-89-68-45-39-65(40-46-68)79(86)98-72-53-54-74(99-80(87)66-41-47-69(48-42-66)90-56-30-22-16-12-8-10-14-18-25-34-60-94-76(83)5-2)73(63-72)81(88)96-62-36-26-20-19-23-31-57-92-70-49-51-71(52-50-70)97-78(85)64-37-43-67(44-38-64)91-58-32-27-28-35-61-95-77(84)6-3/h4-6,37-54,63H,1-3,7-36,55-62H2. The second-order valence-electron chi connectivity index (χ2n) is 24.1. The van der Waals surface area contributed by atoms with E-state index in [1.165, 1.54) is 81.7 Å². The first-order valence-electron chi connectivity index (χ1n) is 35.7. The van der Waals surface area contributed by atoms with Crippen LogP contribution in [0.4, 0.5) is 0 Å². The van der Waals surface area contributed by atoms with E-state index in [0.29, 0.717) is 87.0 Å². The van der Waals surface area contributed by atoms with Crippen LogP contribution in [0.15, 0.2) is 153 Å². The Labute approximate surface area is 586 Å². The molecular formula is C81H104O18. The van der Waals surface area contributed by atoms with Gasteiger partial charge in [-0.2, -0.15) is 0 Å². The highest BCUT2D eigenvalue weighted by atomic mass is 16.6. The molecule has 0 aromatic heterocycles. The molecule has 0 spiro atoms. The molecule has 5 aromatic rings. The van der Waals surface area contributed by atoms with Gasteiger partial charge < -0.3 is 52.1 Å². The van der Waals surface area contributed by atoms with Crippen molar-refractivity contribution in [3.05, 3.63) is 175 Å². The normalized spacial score (nSPS) is 10.7. The number of benzene rings is 5. The van der Waals surface area contributed by atoms with Crippen LogP contribution in [0.2, 0.25) is 0 Å². The maximum atomic E-state index is 13.8. The van der Waals surface area contributed by atoms with Crippen LogP contribution in [0.25, 0.3) is 0 Å². The topological polar surface area (TPSA) is 221 Å². The SMILES string of the molecule is C=CC(=O)OCCCCCCCCCCCCOc1ccc(C(=O)Oc2ccc(OC(=O)c3ccc(OCCCCCCCCCCCCOC(=O)C=C)cc3)c(C(=O)OCCCCCCCCOc3ccc(OC(=O)c4ccc(OCCCCCCOC(=O)C=C)cc4)cc3)c2)cc1. The zero-order chi connectivity index (χ0) is 70.6. The van der Waals surface area contributed by atoms with Crippen molar-refractivity contribution < 1.29 is 85.7 Å². The van der Waals surface area contributed by atoms with Crippen molar-refractivity contribution in [2.45, 2.75) is 193 Å². The summed E-state index contributed by atoms with van der Waals surface area (Å²) in [4.78, 5) is 87.0. The predicted octanol–water partition coefficient (Wildman–Crippen LogP) is 18.6. The summed E-state index contributed by atoms with van der Waals surface area (Å²) in [6, 6.07) is 31.3. The van der Waals surface area contributed by atoms with Crippen molar-refractivity contribution in [3.8, 4) is 40.2 Å². The number of rotatable bonds is 56. The van der Waals surface area contributed by atoms with Gasteiger partial charge in [0, 0.05) is 18.2 Å². The Morgan fingerprint density at radius 3 is 0.778 bits per heavy atom. The van der Waals surface area contributed by atoms with E-state index in [0.717, 1.165) is 141 Å². The van der Waals surface area contributed by atoms with Gasteiger partial charge in [0.1, 0.15) is 45.8 Å². The van der Waals surface area contributed by atoms with Crippen LogP contribution in [-0.2, 0) is 33.3 Å². The molecule has 0 aliphatic heterocycles. The predicted molar refractivity (Wildman–Crippen MR) is 381 cm³/mol. The minimum Gasteiger partial charge on any atom is -0.494 e. The third-order valence-electron chi connectivity index (χ3n) is 16.1. The van der Waals surface area contributed by atoms with Gasteiger partial charge in [-0.25, -0.2) is 33.6 Å². The Morgan fingerprint density at radius 1 is 0.242 bits per heavy atom. The Bertz CT molecular complexity index is 3150. The van der Waals surface area contributed by atoms with E-state index >= 15 is 0 Å². The average Bonchev–Trinajstić information content (AvgIpc) is 0.838. The quantitative estimate of drug-likeness (QED) is 0.0116. The number of carbonyl (C=O) groups is 7. The molecule has 0 unspecified atom stereocenters. The second-order valence-corrected chi connectivity index (χ2v) is 24.1.